The SMILES string of the molecule is Cc1ccc(C=O)cc1.IC(I)I. The van der Waals surface area contributed by atoms with E-state index in [1.54, 1.807) is 0 Å². The molecule has 0 saturated heterocycles. The summed E-state index contributed by atoms with van der Waals surface area (Å²) in [5.41, 5.74) is 1.92. The predicted octanol–water partition coefficient (Wildman–Crippen LogP) is 4.38. The van der Waals surface area contributed by atoms with Crippen molar-refractivity contribution in [2.24, 2.45) is 0 Å². The first-order valence-electron chi connectivity index (χ1n) is 3.50. The zero-order valence-electron chi connectivity index (χ0n) is 7.01. The molecule has 0 aliphatic heterocycles. The second-order valence-corrected chi connectivity index (χ2v) is 13.2. The Hall–Kier alpha value is 1.08. The van der Waals surface area contributed by atoms with E-state index in [-0.39, 0.29) is 0 Å². The highest BCUT2D eigenvalue weighted by molar-refractivity contribution is 14.3. The fourth-order valence-corrected chi connectivity index (χ4v) is 0.645. The molecule has 0 aliphatic carbocycles. The van der Waals surface area contributed by atoms with Crippen molar-refractivity contribution in [3.63, 3.8) is 0 Å². The minimum atomic E-state index is 0.737. The number of hydrogen-bond acceptors (Lipinski definition) is 1. The van der Waals surface area contributed by atoms with Crippen LogP contribution in [0.3, 0.4) is 0 Å². The molecule has 1 aromatic rings. The van der Waals surface area contributed by atoms with Gasteiger partial charge in [-0.15, -0.1) is 0 Å². The van der Waals surface area contributed by atoms with Crippen LogP contribution >= 0.6 is 67.8 Å². The topological polar surface area (TPSA) is 17.1 Å². The number of aldehydes is 1. The first kappa shape index (κ1) is 14.1. The Labute approximate surface area is 119 Å². The summed E-state index contributed by atoms with van der Waals surface area (Å²) in [6.07, 6.45) is 0.847. The summed E-state index contributed by atoms with van der Waals surface area (Å²) in [5, 5.41) is 0. The van der Waals surface area contributed by atoms with Crippen molar-refractivity contribution >= 4 is 74.1 Å². The minimum Gasteiger partial charge on any atom is -0.298 e. The van der Waals surface area contributed by atoms with Gasteiger partial charge >= 0.3 is 0 Å². The van der Waals surface area contributed by atoms with Gasteiger partial charge in [0.15, 0.2) is 0 Å². The van der Waals surface area contributed by atoms with Crippen LogP contribution in [0, 0.1) is 6.92 Å². The third kappa shape index (κ3) is 9.39. The van der Waals surface area contributed by atoms with Crippen molar-refractivity contribution in [2.45, 2.75) is 6.86 Å². The minimum absolute atomic E-state index is 0.737. The quantitative estimate of drug-likeness (QED) is 0.309. The van der Waals surface area contributed by atoms with Crippen molar-refractivity contribution in [3.8, 4) is 0 Å². The maximum atomic E-state index is 10.1. The zero-order valence-corrected chi connectivity index (χ0v) is 13.5. The largest absolute Gasteiger partial charge is 0.298 e. The predicted molar refractivity (Wildman–Crippen MR) is 82.4 cm³/mol. The maximum absolute atomic E-state index is 10.1. The van der Waals surface area contributed by atoms with E-state index in [0.29, 0.717) is 0 Å². The standard InChI is InChI=1S/C8H8O.CHI3/c1-7-2-4-8(6-9)5-3-7;2-1(3)4/h2-6H,1H3;1H. The monoisotopic (exact) mass is 514 g/mol. The van der Waals surface area contributed by atoms with Crippen molar-refractivity contribution in [3.05, 3.63) is 35.4 Å². The molecule has 1 aromatic carbocycles. The van der Waals surface area contributed by atoms with E-state index in [4.69, 9.17) is 0 Å². The Kier molecular flexibility index (Phi) is 9.09. The lowest BCUT2D eigenvalue weighted by atomic mass is 10.2. The molecule has 0 atom stereocenters. The first-order chi connectivity index (χ1) is 6.06. The molecular formula is C9H9I3O. The number of carbonyl (C=O) groups excluding carboxylic acids is 1. The van der Waals surface area contributed by atoms with Crippen LogP contribution in [0.1, 0.15) is 15.9 Å². The number of rotatable bonds is 1. The van der Waals surface area contributed by atoms with Crippen LogP contribution in [0.15, 0.2) is 24.3 Å². The Morgan fingerprint density at radius 3 is 1.85 bits per heavy atom. The van der Waals surface area contributed by atoms with Gasteiger partial charge in [-0.25, -0.2) is 0 Å². The molecule has 0 aliphatic rings. The average Bonchev–Trinajstić information content (AvgIpc) is 2.05. The van der Waals surface area contributed by atoms with Gasteiger partial charge in [0.2, 0.25) is 0 Å². The molecule has 0 amide bonds. The summed E-state index contributed by atoms with van der Waals surface area (Å²) in [6, 6.07) is 7.46. The fourth-order valence-electron chi connectivity index (χ4n) is 0.645. The lowest BCUT2D eigenvalue weighted by molar-refractivity contribution is 0.112. The third-order valence-corrected chi connectivity index (χ3v) is 1.21. The van der Waals surface area contributed by atoms with Crippen molar-refractivity contribution in [1.29, 1.82) is 0 Å². The van der Waals surface area contributed by atoms with E-state index in [1.807, 2.05) is 31.2 Å². The summed E-state index contributed by atoms with van der Waals surface area (Å²) in [7, 11) is 0. The molecule has 0 saturated carbocycles. The molecule has 0 radical (unpaired) electrons. The highest BCUT2D eigenvalue weighted by Crippen LogP contribution is 2.16. The van der Waals surface area contributed by atoms with Crippen LogP contribution in [0.25, 0.3) is 0 Å². The Bertz CT molecular complexity index is 241. The Morgan fingerprint density at radius 2 is 1.54 bits per heavy atom. The molecule has 0 unspecified atom stereocenters. The van der Waals surface area contributed by atoms with Crippen LogP contribution in [0.2, 0.25) is 0 Å². The van der Waals surface area contributed by atoms with E-state index < -0.39 is 0 Å². The van der Waals surface area contributed by atoms with E-state index in [0.717, 1.165) is 11.8 Å². The van der Waals surface area contributed by atoms with Gasteiger partial charge in [-0.2, -0.15) is 0 Å². The number of halogens is 3. The molecule has 4 heteroatoms. The van der Waals surface area contributed by atoms with Crippen LogP contribution in [-0.2, 0) is 0 Å². The number of alkyl halides is 3. The lowest BCUT2D eigenvalue weighted by Crippen LogP contribution is -1.77. The van der Waals surface area contributed by atoms with Gasteiger partial charge in [0.25, 0.3) is 0 Å². The average molecular weight is 514 g/mol. The Morgan fingerprint density at radius 1 is 1.15 bits per heavy atom. The number of carbonyl (C=O) groups is 1. The molecule has 0 fully saturated rings. The number of hydrogen-bond donors (Lipinski definition) is 0. The second kappa shape index (κ2) is 8.39. The van der Waals surface area contributed by atoms with Gasteiger partial charge in [0, 0.05) is 5.56 Å². The summed E-state index contributed by atoms with van der Waals surface area (Å²) < 4.78 is 0.743. The summed E-state index contributed by atoms with van der Waals surface area (Å²) in [5.74, 6) is 0. The van der Waals surface area contributed by atoms with Gasteiger partial charge in [0.1, 0.15) is 6.22 Å². The molecule has 72 valence electrons. The maximum Gasteiger partial charge on any atom is 0.150 e. The molecule has 1 rings (SSSR count). The van der Waals surface area contributed by atoms with Gasteiger partial charge in [0.05, 0.1) is 0 Å². The van der Waals surface area contributed by atoms with Gasteiger partial charge in [-0.05, 0) is 6.92 Å². The first-order valence-corrected chi connectivity index (χ1v) is 7.24. The molecule has 1 nitrogen and oxygen atoms in total. The van der Waals surface area contributed by atoms with E-state index in [1.165, 1.54) is 5.56 Å². The second-order valence-electron chi connectivity index (χ2n) is 2.28. The van der Waals surface area contributed by atoms with Crippen LogP contribution < -0.4 is 0 Å². The van der Waals surface area contributed by atoms with Crippen LogP contribution in [0.5, 0.6) is 0 Å². The molecule has 0 N–H and O–H groups in total. The smallest absolute Gasteiger partial charge is 0.150 e. The molecule has 0 bridgehead atoms. The normalized spacial score (nSPS) is 9.00. The molecule has 0 spiro atoms. The molecule has 0 heterocycles. The summed E-state index contributed by atoms with van der Waals surface area (Å²) in [6.45, 7) is 1.99. The molecule has 0 aromatic heterocycles. The summed E-state index contributed by atoms with van der Waals surface area (Å²) >= 11 is 6.95. The molecule has 13 heavy (non-hydrogen) atoms. The number of benzene rings is 1. The lowest BCUT2D eigenvalue weighted by Gasteiger charge is -1.89. The van der Waals surface area contributed by atoms with Crippen LogP contribution in [-0.4, -0.2) is 6.22 Å². The van der Waals surface area contributed by atoms with E-state index >= 15 is 0 Å². The van der Waals surface area contributed by atoms with Crippen molar-refractivity contribution in [2.75, 3.05) is 0 Å². The van der Waals surface area contributed by atoms with Gasteiger partial charge < -0.3 is 0 Å². The van der Waals surface area contributed by atoms with E-state index in [9.17, 15) is 4.79 Å². The van der Waals surface area contributed by atoms with Crippen molar-refractivity contribution in [1.82, 2.24) is 0 Å². The highest BCUT2D eigenvalue weighted by atomic mass is 127. The zero-order chi connectivity index (χ0) is 10.3. The summed E-state index contributed by atoms with van der Waals surface area (Å²) in [4.78, 5) is 10.1. The Balaban J connectivity index is 0.000000310. The van der Waals surface area contributed by atoms with Crippen LogP contribution in [0.4, 0.5) is 0 Å². The third-order valence-electron chi connectivity index (χ3n) is 1.21. The number of aryl methyl sites for hydroxylation is 1. The highest BCUT2D eigenvalue weighted by Gasteiger charge is 1.85. The van der Waals surface area contributed by atoms with Gasteiger partial charge in [-0.3, -0.25) is 4.79 Å². The molecular weight excluding hydrogens is 505 g/mol. The van der Waals surface area contributed by atoms with Crippen molar-refractivity contribution < 1.29 is 4.79 Å². The fraction of sp³-hybridized carbons (Fsp3) is 0.222. The van der Waals surface area contributed by atoms with Gasteiger partial charge in [-0.1, -0.05) is 97.6 Å². The van der Waals surface area contributed by atoms with E-state index in [2.05, 4.69) is 67.8 Å².